The van der Waals surface area contributed by atoms with E-state index in [2.05, 4.69) is 56.9 Å². The minimum atomic E-state index is -0.365. The number of para-hydroxylation sites is 1. The summed E-state index contributed by atoms with van der Waals surface area (Å²) in [5.74, 6) is 0.403. The summed E-state index contributed by atoms with van der Waals surface area (Å²) in [7, 11) is 0. The Hall–Kier alpha value is -4.65. The van der Waals surface area contributed by atoms with Gasteiger partial charge in [0.2, 0.25) is 0 Å². The third kappa shape index (κ3) is 4.99. The number of aromatic amines is 2. The summed E-state index contributed by atoms with van der Waals surface area (Å²) in [6, 6.07) is 25.6. The minimum Gasteiger partial charge on any atom is -0.489 e. The smallest absolute Gasteiger partial charge is 0.289 e. The van der Waals surface area contributed by atoms with Crippen molar-refractivity contribution in [1.29, 1.82) is 0 Å². The zero-order chi connectivity index (χ0) is 24.2. The normalized spacial score (nSPS) is 11.3. The molecule has 1 amide bonds. The molecular weight excluding hydrogens is 438 g/mol. The van der Waals surface area contributed by atoms with Gasteiger partial charge in [0.05, 0.1) is 11.9 Å². The van der Waals surface area contributed by atoms with E-state index in [1.165, 1.54) is 5.56 Å². The molecule has 3 aromatic carbocycles. The van der Waals surface area contributed by atoms with Crippen LogP contribution in [0.25, 0.3) is 22.2 Å². The van der Waals surface area contributed by atoms with Crippen LogP contribution in [0.1, 0.15) is 32.9 Å². The quantitative estimate of drug-likeness (QED) is 0.219. The zero-order valence-electron chi connectivity index (χ0n) is 19.5. The number of fused-ring (bicyclic) bond motifs is 1. The van der Waals surface area contributed by atoms with Gasteiger partial charge in [0, 0.05) is 27.7 Å². The Bertz CT molecular complexity index is 1490. The molecule has 0 fully saturated rings. The SMILES string of the molecule is Cc1ccc(COc2ccc(-c3cc(C(=O)NN=Cc4c(C)[nH]c5ccccc45)[nH]n3)cc2)cc1. The lowest BCUT2D eigenvalue weighted by Crippen LogP contribution is -2.18. The molecule has 0 aliphatic carbocycles. The molecule has 0 saturated carbocycles. The van der Waals surface area contributed by atoms with Crippen molar-refractivity contribution in [2.75, 3.05) is 0 Å². The Morgan fingerprint density at radius 2 is 1.80 bits per heavy atom. The van der Waals surface area contributed by atoms with Crippen LogP contribution in [-0.2, 0) is 6.61 Å². The van der Waals surface area contributed by atoms with E-state index in [0.717, 1.165) is 39.0 Å². The van der Waals surface area contributed by atoms with Crippen molar-refractivity contribution in [2.45, 2.75) is 20.5 Å². The third-order valence-corrected chi connectivity index (χ3v) is 5.80. The fraction of sp³-hybridized carbons (Fsp3) is 0.107. The molecule has 174 valence electrons. The van der Waals surface area contributed by atoms with Gasteiger partial charge in [-0.2, -0.15) is 10.2 Å². The summed E-state index contributed by atoms with van der Waals surface area (Å²) in [5, 5.41) is 12.2. The lowest BCUT2D eigenvalue weighted by molar-refractivity contribution is 0.0950. The first-order chi connectivity index (χ1) is 17.1. The average Bonchev–Trinajstić information content (AvgIpc) is 3.49. The predicted molar refractivity (Wildman–Crippen MR) is 138 cm³/mol. The average molecular weight is 464 g/mol. The highest BCUT2D eigenvalue weighted by molar-refractivity contribution is 6.01. The van der Waals surface area contributed by atoms with Gasteiger partial charge in [-0.3, -0.25) is 9.89 Å². The summed E-state index contributed by atoms with van der Waals surface area (Å²) >= 11 is 0. The van der Waals surface area contributed by atoms with E-state index in [-0.39, 0.29) is 5.91 Å². The van der Waals surface area contributed by atoms with Crippen molar-refractivity contribution in [3.63, 3.8) is 0 Å². The summed E-state index contributed by atoms with van der Waals surface area (Å²) in [4.78, 5) is 15.8. The molecule has 0 bridgehead atoms. The highest BCUT2D eigenvalue weighted by atomic mass is 16.5. The van der Waals surface area contributed by atoms with Crippen molar-refractivity contribution in [1.82, 2.24) is 20.6 Å². The van der Waals surface area contributed by atoms with E-state index >= 15 is 0 Å². The van der Waals surface area contributed by atoms with E-state index in [9.17, 15) is 4.79 Å². The lowest BCUT2D eigenvalue weighted by Gasteiger charge is -2.07. The van der Waals surface area contributed by atoms with E-state index < -0.39 is 0 Å². The van der Waals surface area contributed by atoms with Crippen LogP contribution < -0.4 is 10.2 Å². The molecule has 0 atom stereocenters. The number of nitrogens with one attached hydrogen (secondary N) is 3. The Morgan fingerprint density at radius 3 is 2.60 bits per heavy atom. The van der Waals surface area contributed by atoms with Crippen molar-refractivity contribution in [2.24, 2.45) is 5.10 Å². The largest absolute Gasteiger partial charge is 0.489 e. The van der Waals surface area contributed by atoms with Crippen LogP contribution in [0.3, 0.4) is 0 Å². The second-order valence-electron chi connectivity index (χ2n) is 8.37. The number of hydrogen-bond donors (Lipinski definition) is 3. The van der Waals surface area contributed by atoms with Gasteiger partial charge in [0.15, 0.2) is 0 Å². The van der Waals surface area contributed by atoms with Gasteiger partial charge in [-0.05, 0) is 55.8 Å². The minimum absolute atomic E-state index is 0.326. The van der Waals surface area contributed by atoms with Crippen LogP contribution >= 0.6 is 0 Å². The third-order valence-electron chi connectivity index (χ3n) is 5.80. The van der Waals surface area contributed by atoms with Gasteiger partial charge in [-0.25, -0.2) is 5.43 Å². The molecule has 2 aromatic heterocycles. The monoisotopic (exact) mass is 463 g/mol. The van der Waals surface area contributed by atoms with Crippen molar-refractivity contribution >= 4 is 23.0 Å². The number of rotatable bonds is 7. The molecule has 7 nitrogen and oxygen atoms in total. The Kier molecular flexibility index (Phi) is 6.13. The molecule has 0 saturated heterocycles. The van der Waals surface area contributed by atoms with Crippen LogP contribution in [0.4, 0.5) is 0 Å². The number of ether oxygens (including phenoxy) is 1. The fourth-order valence-corrected chi connectivity index (χ4v) is 3.84. The number of carbonyl (C=O) groups is 1. The Balaban J connectivity index is 1.20. The molecule has 0 aliphatic heterocycles. The van der Waals surface area contributed by atoms with Crippen LogP contribution in [0.2, 0.25) is 0 Å². The van der Waals surface area contributed by atoms with Gasteiger partial charge in [0.25, 0.3) is 5.91 Å². The van der Waals surface area contributed by atoms with E-state index in [4.69, 9.17) is 4.74 Å². The number of hydrogen-bond acceptors (Lipinski definition) is 4. The standard InChI is InChI=1S/C28H25N5O2/c1-18-7-9-20(10-8-18)17-35-22-13-11-21(12-14-22)26-15-27(32-31-26)28(34)33-29-16-24-19(2)30-25-6-4-3-5-23(24)25/h3-16,30H,17H2,1-2H3,(H,31,32)(H,33,34). The Labute approximate surface area is 202 Å². The number of amides is 1. The molecule has 3 N–H and O–H groups in total. The summed E-state index contributed by atoms with van der Waals surface area (Å²) in [6.45, 7) is 4.54. The van der Waals surface area contributed by atoms with Crippen molar-refractivity contribution in [3.8, 4) is 17.0 Å². The fourth-order valence-electron chi connectivity index (χ4n) is 3.84. The van der Waals surface area contributed by atoms with Gasteiger partial charge >= 0.3 is 0 Å². The molecule has 35 heavy (non-hydrogen) atoms. The van der Waals surface area contributed by atoms with E-state index in [0.29, 0.717) is 18.0 Å². The maximum atomic E-state index is 12.5. The predicted octanol–water partition coefficient (Wildman–Crippen LogP) is 5.52. The summed E-state index contributed by atoms with van der Waals surface area (Å²) < 4.78 is 5.87. The van der Waals surface area contributed by atoms with Crippen molar-refractivity contribution < 1.29 is 9.53 Å². The number of H-pyrrole nitrogens is 2. The number of aryl methyl sites for hydroxylation is 2. The first kappa shape index (κ1) is 22.2. The highest BCUT2D eigenvalue weighted by Gasteiger charge is 2.11. The molecule has 2 heterocycles. The van der Waals surface area contributed by atoms with E-state index in [1.54, 1.807) is 12.3 Å². The molecule has 0 spiro atoms. The van der Waals surface area contributed by atoms with Crippen LogP contribution in [0.15, 0.2) is 84.0 Å². The van der Waals surface area contributed by atoms with Crippen LogP contribution in [0.5, 0.6) is 5.75 Å². The molecular formula is C28H25N5O2. The van der Waals surface area contributed by atoms with Crippen LogP contribution in [-0.4, -0.2) is 27.3 Å². The molecule has 5 rings (SSSR count). The second kappa shape index (κ2) is 9.69. The second-order valence-corrected chi connectivity index (χ2v) is 8.37. The van der Waals surface area contributed by atoms with Gasteiger partial charge in [-0.1, -0.05) is 48.0 Å². The lowest BCUT2D eigenvalue weighted by atomic mass is 10.1. The number of benzene rings is 3. The maximum Gasteiger partial charge on any atom is 0.289 e. The molecule has 0 radical (unpaired) electrons. The number of nitrogens with zero attached hydrogens (tertiary/aromatic N) is 2. The van der Waals surface area contributed by atoms with Crippen LogP contribution in [0, 0.1) is 13.8 Å². The Morgan fingerprint density at radius 1 is 1.03 bits per heavy atom. The van der Waals surface area contributed by atoms with Gasteiger partial charge in [0.1, 0.15) is 18.1 Å². The van der Waals surface area contributed by atoms with E-state index in [1.807, 2.05) is 55.5 Å². The molecule has 0 aliphatic rings. The van der Waals surface area contributed by atoms with Crippen molar-refractivity contribution in [3.05, 3.63) is 107 Å². The van der Waals surface area contributed by atoms with Gasteiger partial charge in [-0.15, -0.1) is 0 Å². The summed E-state index contributed by atoms with van der Waals surface area (Å²) in [6.07, 6.45) is 1.65. The number of aromatic nitrogens is 3. The maximum absolute atomic E-state index is 12.5. The highest BCUT2D eigenvalue weighted by Crippen LogP contribution is 2.22. The molecule has 7 heteroatoms. The zero-order valence-corrected chi connectivity index (χ0v) is 19.5. The molecule has 5 aromatic rings. The van der Waals surface area contributed by atoms with Gasteiger partial charge < -0.3 is 9.72 Å². The number of carbonyl (C=O) groups excluding carboxylic acids is 1. The molecule has 0 unspecified atom stereocenters. The summed E-state index contributed by atoms with van der Waals surface area (Å²) in [5.41, 5.74) is 9.73. The topological polar surface area (TPSA) is 95.2 Å². The number of hydrazone groups is 1. The first-order valence-corrected chi connectivity index (χ1v) is 11.3. The first-order valence-electron chi connectivity index (χ1n) is 11.3.